The molecular weight excluding hydrogens is 398 g/mol. The zero-order valence-corrected chi connectivity index (χ0v) is 17.6. The predicted octanol–water partition coefficient (Wildman–Crippen LogP) is 0.407. The molecule has 0 atom stereocenters. The molecule has 3 rings (SSSR count). The van der Waals surface area contributed by atoms with Crippen LogP contribution in [0.2, 0.25) is 0 Å². The second-order valence-corrected chi connectivity index (χ2v) is 7.69. The minimum atomic E-state index is -0.325. The summed E-state index contributed by atoms with van der Waals surface area (Å²) in [5.41, 5.74) is 11.8. The second-order valence-electron chi connectivity index (χ2n) is 7.69. The Hall–Kier alpha value is -3.56. The van der Waals surface area contributed by atoms with E-state index in [-0.39, 0.29) is 48.4 Å². The Labute approximate surface area is 180 Å². The Morgan fingerprint density at radius 3 is 2.68 bits per heavy atom. The highest BCUT2D eigenvalue weighted by atomic mass is 16.6. The number of aromatic nitrogens is 2. The highest BCUT2D eigenvalue weighted by Gasteiger charge is 2.38. The summed E-state index contributed by atoms with van der Waals surface area (Å²) in [6, 6.07) is 10.3. The molecule has 0 aliphatic heterocycles. The van der Waals surface area contributed by atoms with Crippen LogP contribution in [0.5, 0.6) is 0 Å². The maximum absolute atomic E-state index is 12.9. The number of rotatable bonds is 10. The fourth-order valence-corrected chi connectivity index (χ4v) is 3.66. The van der Waals surface area contributed by atoms with Crippen molar-refractivity contribution in [3.8, 4) is 0 Å². The largest absolute Gasteiger partial charge is 0.391 e. The van der Waals surface area contributed by atoms with Gasteiger partial charge in [0.15, 0.2) is 5.82 Å². The molecular formula is C21H29N7O3. The van der Waals surface area contributed by atoms with Crippen molar-refractivity contribution in [2.24, 2.45) is 16.6 Å². The summed E-state index contributed by atoms with van der Waals surface area (Å²) < 4.78 is 1.40. The van der Waals surface area contributed by atoms with Gasteiger partial charge >= 0.3 is 0 Å². The van der Waals surface area contributed by atoms with Gasteiger partial charge in [-0.2, -0.15) is 0 Å². The van der Waals surface area contributed by atoms with Crippen LogP contribution in [-0.2, 0) is 21.6 Å². The molecule has 1 heterocycles. The summed E-state index contributed by atoms with van der Waals surface area (Å²) >= 11 is 0. The summed E-state index contributed by atoms with van der Waals surface area (Å²) in [4.78, 5) is 34.2. The molecule has 1 amide bonds. The molecule has 10 nitrogen and oxygen atoms in total. The van der Waals surface area contributed by atoms with Gasteiger partial charge in [0.05, 0.1) is 6.54 Å². The Kier molecular flexibility index (Phi) is 7.11. The number of guanidine groups is 1. The lowest BCUT2D eigenvalue weighted by Crippen LogP contribution is -2.42. The van der Waals surface area contributed by atoms with Crippen molar-refractivity contribution >= 4 is 17.7 Å². The third-order valence-corrected chi connectivity index (χ3v) is 5.53. The van der Waals surface area contributed by atoms with Crippen molar-refractivity contribution in [1.29, 1.82) is 0 Å². The molecule has 0 bridgehead atoms. The van der Waals surface area contributed by atoms with E-state index in [9.17, 15) is 9.59 Å². The Morgan fingerprint density at radius 2 is 2.03 bits per heavy atom. The average molecular weight is 428 g/mol. The molecule has 1 aliphatic carbocycles. The molecule has 1 fully saturated rings. The molecule has 1 aliphatic rings. The number of amides is 1. The molecule has 1 aromatic heterocycles. The molecule has 166 valence electrons. The SMILES string of the molecule is Cc1cnc(NCC2(c3ccccc3)CCC2)c(=O)n1CC(=O)NCCON=C(N)N. The van der Waals surface area contributed by atoms with Gasteiger partial charge in [0.25, 0.3) is 5.56 Å². The van der Waals surface area contributed by atoms with Gasteiger partial charge in [0.2, 0.25) is 11.9 Å². The number of nitrogens with two attached hydrogens (primary N) is 2. The standard InChI is InChI=1S/C21H29N7O3/c1-15-12-25-18(26-14-21(8-5-9-21)16-6-3-2-4-7-16)19(30)28(15)13-17(29)24-10-11-31-27-20(22)23/h2-4,6-7,12H,5,8-11,13-14H2,1H3,(H,24,29)(H,25,26)(H4,22,23,27). The lowest BCUT2D eigenvalue weighted by molar-refractivity contribution is -0.122. The van der Waals surface area contributed by atoms with Gasteiger partial charge in [0.1, 0.15) is 13.2 Å². The van der Waals surface area contributed by atoms with Crippen LogP contribution < -0.4 is 27.7 Å². The van der Waals surface area contributed by atoms with E-state index in [4.69, 9.17) is 16.3 Å². The van der Waals surface area contributed by atoms with E-state index in [1.54, 1.807) is 13.1 Å². The van der Waals surface area contributed by atoms with Crippen LogP contribution in [-0.4, -0.2) is 41.1 Å². The van der Waals surface area contributed by atoms with Crippen molar-refractivity contribution in [3.63, 3.8) is 0 Å². The predicted molar refractivity (Wildman–Crippen MR) is 118 cm³/mol. The van der Waals surface area contributed by atoms with E-state index in [0.717, 1.165) is 19.3 Å². The summed E-state index contributed by atoms with van der Waals surface area (Å²) in [6.07, 6.45) is 4.88. The van der Waals surface area contributed by atoms with Crippen molar-refractivity contribution in [2.45, 2.75) is 38.1 Å². The highest BCUT2D eigenvalue weighted by Crippen LogP contribution is 2.43. The fourth-order valence-electron chi connectivity index (χ4n) is 3.66. The first-order valence-electron chi connectivity index (χ1n) is 10.2. The van der Waals surface area contributed by atoms with Gasteiger partial charge < -0.3 is 26.9 Å². The van der Waals surface area contributed by atoms with Crippen LogP contribution >= 0.6 is 0 Å². The van der Waals surface area contributed by atoms with Crippen LogP contribution in [0.3, 0.4) is 0 Å². The number of aryl methyl sites for hydroxylation is 1. The smallest absolute Gasteiger partial charge is 0.293 e. The zero-order valence-electron chi connectivity index (χ0n) is 17.6. The van der Waals surface area contributed by atoms with Crippen molar-refractivity contribution < 1.29 is 9.63 Å². The van der Waals surface area contributed by atoms with Crippen LogP contribution in [0.4, 0.5) is 5.82 Å². The van der Waals surface area contributed by atoms with E-state index in [2.05, 4.69) is 32.9 Å². The molecule has 1 aromatic carbocycles. The second kappa shape index (κ2) is 9.96. The van der Waals surface area contributed by atoms with E-state index in [0.29, 0.717) is 12.2 Å². The molecule has 31 heavy (non-hydrogen) atoms. The molecule has 0 spiro atoms. The van der Waals surface area contributed by atoms with Crippen LogP contribution in [0.25, 0.3) is 0 Å². The number of hydrogen-bond acceptors (Lipinski definition) is 6. The Morgan fingerprint density at radius 1 is 1.29 bits per heavy atom. The molecule has 0 saturated heterocycles. The number of anilines is 1. The molecule has 1 saturated carbocycles. The number of nitrogens with one attached hydrogen (secondary N) is 2. The summed E-state index contributed by atoms with van der Waals surface area (Å²) in [6.45, 7) is 2.57. The highest BCUT2D eigenvalue weighted by molar-refractivity contribution is 5.76. The first-order valence-corrected chi connectivity index (χ1v) is 10.2. The minimum Gasteiger partial charge on any atom is -0.391 e. The Bertz CT molecular complexity index is 980. The maximum Gasteiger partial charge on any atom is 0.293 e. The first-order chi connectivity index (χ1) is 14.9. The molecule has 10 heteroatoms. The zero-order chi connectivity index (χ0) is 22.3. The van der Waals surface area contributed by atoms with E-state index in [1.165, 1.54) is 10.1 Å². The van der Waals surface area contributed by atoms with Gasteiger partial charge in [-0.3, -0.25) is 14.2 Å². The summed E-state index contributed by atoms with van der Waals surface area (Å²) in [5.74, 6) is -0.270. The third kappa shape index (κ3) is 5.53. The van der Waals surface area contributed by atoms with Crippen LogP contribution in [0.1, 0.15) is 30.5 Å². The molecule has 0 unspecified atom stereocenters. The average Bonchev–Trinajstić information content (AvgIpc) is 2.72. The summed E-state index contributed by atoms with van der Waals surface area (Å²) in [5, 5.41) is 9.26. The fraction of sp³-hybridized carbons (Fsp3) is 0.429. The van der Waals surface area contributed by atoms with Gasteiger partial charge in [-0.05, 0) is 30.5 Å². The van der Waals surface area contributed by atoms with E-state index < -0.39 is 0 Å². The lowest BCUT2D eigenvalue weighted by Gasteiger charge is -2.42. The first kappa shape index (κ1) is 22.1. The lowest BCUT2D eigenvalue weighted by atomic mass is 9.64. The quantitative estimate of drug-likeness (QED) is 0.186. The van der Waals surface area contributed by atoms with Crippen LogP contribution in [0, 0.1) is 6.92 Å². The molecule has 6 N–H and O–H groups in total. The van der Waals surface area contributed by atoms with Gasteiger partial charge in [-0.1, -0.05) is 36.8 Å². The normalized spacial score (nSPS) is 14.2. The van der Waals surface area contributed by atoms with Gasteiger partial charge in [0, 0.05) is 23.9 Å². The molecule has 2 aromatic rings. The Balaban J connectivity index is 1.62. The third-order valence-electron chi connectivity index (χ3n) is 5.53. The van der Waals surface area contributed by atoms with E-state index in [1.807, 2.05) is 18.2 Å². The van der Waals surface area contributed by atoms with Crippen molar-refractivity contribution in [3.05, 3.63) is 58.1 Å². The van der Waals surface area contributed by atoms with Crippen molar-refractivity contribution in [1.82, 2.24) is 14.9 Å². The van der Waals surface area contributed by atoms with Crippen LogP contribution in [0.15, 0.2) is 46.5 Å². The number of nitrogens with zero attached hydrogens (tertiary/aromatic N) is 3. The topological polar surface area (TPSA) is 150 Å². The number of benzene rings is 1. The number of carbonyl (C=O) groups is 1. The minimum absolute atomic E-state index is 0.0118. The van der Waals surface area contributed by atoms with Gasteiger partial charge in [-0.25, -0.2) is 4.98 Å². The molecule has 0 radical (unpaired) electrons. The van der Waals surface area contributed by atoms with Crippen molar-refractivity contribution in [2.75, 3.05) is 25.0 Å². The number of oxime groups is 1. The maximum atomic E-state index is 12.9. The monoisotopic (exact) mass is 427 g/mol. The van der Waals surface area contributed by atoms with Gasteiger partial charge in [-0.15, -0.1) is 0 Å². The number of hydrogen-bond donors (Lipinski definition) is 4. The summed E-state index contributed by atoms with van der Waals surface area (Å²) in [7, 11) is 0. The number of carbonyl (C=O) groups excluding carboxylic acids is 1. The van der Waals surface area contributed by atoms with E-state index >= 15 is 0 Å².